The molecule has 5 rings (SSSR count). The molecule has 3 aromatic rings. The number of hydrogen-bond acceptors (Lipinski definition) is 4. The summed E-state index contributed by atoms with van der Waals surface area (Å²) in [7, 11) is 0. The van der Waals surface area contributed by atoms with Gasteiger partial charge in [-0.25, -0.2) is 9.96 Å². The molecule has 3 atom stereocenters. The van der Waals surface area contributed by atoms with Crippen molar-refractivity contribution < 1.29 is 14.4 Å². The Bertz CT molecular complexity index is 1060. The van der Waals surface area contributed by atoms with Gasteiger partial charge >= 0.3 is 0 Å². The third-order valence-electron chi connectivity index (χ3n) is 5.35. The summed E-state index contributed by atoms with van der Waals surface area (Å²) >= 11 is 5.96. The molecule has 0 saturated carbocycles. The lowest BCUT2D eigenvalue weighted by Gasteiger charge is -2.28. The number of halogens is 1. The number of para-hydroxylation sites is 1. The Morgan fingerprint density at radius 1 is 0.724 bits per heavy atom. The van der Waals surface area contributed by atoms with Crippen LogP contribution >= 0.6 is 11.6 Å². The van der Waals surface area contributed by atoms with E-state index in [1.165, 1.54) is 4.90 Å². The summed E-state index contributed by atoms with van der Waals surface area (Å²) in [4.78, 5) is 33.9. The Morgan fingerprint density at radius 3 is 2.00 bits per heavy atom. The van der Waals surface area contributed by atoms with Gasteiger partial charge in [-0.1, -0.05) is 60.1 Å². The Balaban J connectivity index is 1.58. The van der Waals surface area contributed by atoms with Crippen LogP contribution in [0.2, 0.25) is 5.02 Å². The van der Waals surface area contributed by atoms with Crippen molar-refractivity contribution in [1.29, 1.82) is 0 Å². The molecule has 144 valence electrons. The summed E-state index contributed by atoms with van der Waals surface area (Å²) in [6, 6.07) is 25.5. The fraction of sp³-hybridized carbons (Fsp3) is 0.130. The van der Waals surface area contributed by atoms with Crippen molar-refractivity contribution in [3.63, 3.8) is 0 Å². The zero-order chi connectivity index (χ0) is 20.0. The topological polar surface area (TPSA) is 49.9 Å². The minimum atomic E-state index is -0.872. The fourth-order valence-corrected chi connectivity index (χ4v) is 4.17. The van der Waals surface area contributed by atoms with E-state index < -0.39 is 18.1 Å². The van der Waals surface area contributed by atoms with Crippen LogP contribution in [-0.4, -0.2) is 17.9 Å². The summed E-state index contributed by atoms with van der Waals surface area (Å²) in [5, 5.41) is 2.24. The minimum absolute atomic E-state index is 0.269. The molecule has 0 spiro atoms. The van der Waals surface area contributed by atoms with Gasteiger partial charge in [-0.15, -0.1) is 0 Å². The first-order valence-electron chi connectivity index (χ1n) is 9.34. The third kappa shape index (κ3) is 2.90. The smallest absolute Gasteiger partial charge is 0.266 e. The van der Waals surface area contributed by atoms with Crippen LogP contribution in [0.1, 0.15) is 11.6 Å². The molecule has 2 amide bonds. The highest BCUT2D eigenvalue weighted by atomic mass is 35.5. The standard InChI is InChI=1S/C23H17ClN2O3/c24-16-11-13-17(14-12-16)25-22(27)19-20(15-7-3-1-4-8-15)26(29-21(19)23(25)28)18-9-5-2-6-10-18/h1-14,19-21H/t19-,20+,21-/m1/s1. The first-order chi connectivity index (χ1) is 14.1. The summed E-state index contributed by atoms with van der Waals surface area (Å²) < 4.78 is 0. The Hall–Kier alpha value is -3.15. The second-order valence-corrected chi connectivity index (χ2v) is 7.49. The summed E-state index contributed by atoms with van der Waals surface area (Å²) in [5.41, 5.74) is 2.22. The maximum atomic E-state index is 13.4. The van der Waals surface area contributed by atoms with Crippen molar-refractivity contribution in [2.75, 3.05) is 9.96 Å². The molecular weight excluding hydrogens is 388 g/mol. The number of benzene rings is 3. The molecule has 2 fully saturated rings. The average molecular weight is 405 g/mol. The van der Waals surface area contributed by atoms with Gasteiger partial charge in [-0.3, -0.25) is 14.4 Å². The molecule has 29 heavy (non-hydrogen) atoms. The molecule has 2 aliphatic heterocycles. The molecule has 0 N–H and O–H groups in total. The highest BCUT2D eigenvalue weighted by Gasteiger charge is 2.60. The number of carbonyl (C=O) groups excluding carboxylic acids is 2. The van der Waals surface area contributed by atoms with Crippen molar-refractivity contribution in [1.82, 2.24) is 0 Å². The van der Waals surface area contributed by atoms with Crippen LogP contribution in [0.4, 0.5) is 11.4 Å². The van der Waals surface area contributed by atoms with Crippen LogP contribution in [0.25, 0.3) is 0 Å². The highest BCUT2D eigenvalue weighted by Crippen LogP contribution is 2.47. The second kappa shape index (κ2) is 7.03. The second-order valence-electron chi connectivity index (χ2n) is 7.06. The van der Waals surface area contributed by atoms with E-state index in [9.17, 15) is 9.59 Å². The van der Waals surface area contributed by atoms with E-state index in [0.717, 1.165) is 11.3 Å². The maximum Gasteiger partial charge on any atom is 0.266 e. The third-order valence-corrected chi connectivity index (χ3v) is 5.60. The first kappa shape index (κ1) is 17.9. The van der Waals surface area contributed by atoms with Gasteiger partial charge in [0.1, 0.15) is 5.92 Å². The van der Waals surface area contributed by atoms with Crippen LogP contribution in [0, 0.1) is 5.92 Å². The first-order valence-corrected chi connectivity index (χ1v) is 9.72. The van der Waals surface area contributed by atoms with Crippen molar-refractivity contribution in [2.45, 2.75) is 12.1 Å². The number of rotatable bonds is 3. The van der Waals surface area contributed by atoms with Gasteiger partial charge in [0.05, 0.1) is 17.4 Å². The summed E-state index contributed by atoms with van der Waals surface area (Å²) in [6.07, 6.45) is -0.872. The molecule has 6 heteroatoms. The van der Waals surface area contributed by atoms with E-state index in [4.69, 9.17) is 16.4 Å². The number of nitrogens with zero attached hydrogens (tertiary/aromatic N) is 2. The molecule has 0 bridgehead atoms. The van der Waals surface area contributed by atoms with Gasteiger partial charge in [0.25, 0.3) is 5.91 Å². The van der Waals surface area contributed by atoms with Crippen molar-refractivity contribution in [2.24, 2.45) is 5.92 Å². The minimum Gasteiger partial charge on any atom is -0.273 e. The van der Waals surface area contributed by atoms with Gasteiger partial charge in [-0.2, -0.15) is 0 Å². The lowest BCUT2D eigenvalue weighted by atomic mass is 9.90. The maximum absolute atomic E-state index is 13.4. The molecule has 0 aromatic heterocycles. The van der Waals surface area contributed by atoms with Gasteiger partial charge in [0.15, 0.2) is 6.10 Å². The predicted molar refractivity (Wildman–Crippen MR) is 110 cm³/mol. The van der Waals surface area contributed by atoms with E-state index in [1.54, 1.807) is 29.3 Å². The lowest BCUT2D eigenvalue weighted by molar-refractivity contribution is -0.126. The quantitative estimate of drug-likeness (QED) is 0.607. The van der Waals surface area contributed by atoms with Gasteiger partial charge in [-0.05, 0) is 42.0 Å². The number of hydroxylamine groups is 1. The molecule has 0 unspecified atom stereocenters. The van der Waals surface area contributed by atoms with Crippen LogP contribution in [0.15, 0.2) is 84.9 Å². The van der Waals surface area contributed by atoms with Gasteiger partial charge in [0, 0.05) is 5.02 Å². The summed E-state index contributed by atoms with van der Waals surface area (Å²) in [6.45, 7) is 0. The average Bonchev–Trinajstić information content (AvgIpc) is 3.27. The Labute approximate surface area is 173 Å². The highest BCUT2D eigenvalue weighted by molar-refractivity contribution is 6.31. The number of fused-ring (bicyclic) bond motifs is 1. The van der Waals surface area contributed by atoms with Crippen molar-refractivity contribution >= 4 is 34.8 Å². The Morgan fingerprint density at radius 2 is 1.34 bits per heavy atom. The molecule has 2 heterocycles. The normalized spacial score (nSPS) is 23.6. The zero-order valence-electron chi connectivity index (χ0n) is 15.3. The predicted octanol–water partition coefficient (Wildman–Crippen LogP) is 4.39. The molecule has 0 aliphatic carbocycles. The number of hydrogen-bond donors (Lipinski definition) is 0. The number of imide groups is 1. The van der Waals surface area contributed by atoms with Crippen LogP contribution < -0.4 is 9.96 Å². The van der Waals surface area contributed by atoms with E-state index in [1.807, 2.05) is 60.7 Å². The van der Waals surface area contributed by atoms with Gasteiger partial charge in [0.2, 0.25) is 5.91 Å². The molecular formula is C23H17ClN2O3. The molecule has 2 saturated heterocycles. The van der Waals surface area contributed by atoms with E-state index in [0.29, 0.717) is 10.7 Å². The van der Waals surface area contributed by atoms with Crippen LogP contribution in [-0.2, 0) is 14.4 Å². The van der Waals surface area contributed by atoms with E-state index in [-0.39, 0.29) is 11.8 Å². The SMILES string of the molecule is O=C1[C@H]2[C@@H](ON(c3ccccc3)[C@H]2c2ccccc2)C(=O)N1c1ccc(Cl)cc1. The molecule has 2 aliphatic rings. The number of anilines is 2. The van der Waals surface area contributed by atoms with Crippen molar-refractivity contribution in [3.05, 3.63) is 95.5 Å². The monoisotopic (exact) mass is 404 g/mol. The van der Waals surface area contributed by atoms with Crippen LogP contribution in [0.5, 0.6) is 0 Å². The molecule has 5 nitrogen and oxygen atoms in total. The van der Waals surface area contributed by atoms with E-state index in [2.05, 4.69) is 0 Å². The summed E-state index contributed by atoms with van der Waals surface area (Å²) in [5.74, 6) is -1.27. The molecule has 0 radical (unpaired) electrons. The van der Waals surface area contributed by atoms with Crippen LogP contribution in [0.3, 0.4) is 0 Å². The van der Waals surface area contributed by atoms with Crippen molar-refractivity contribution in [3.8, 4) is 0 Å². The Kier molecular flexibility index (Phi) is 4.34. The fourth-order valence-electron chi connectivity index (χ4n) is 4.05. The number of carbonyl (C=O) groups is 2. The lowest BCUT2D eigenvalue weighted by Crippen LogP contribution is -2.37. The van der Waals surface area contributed by atoms with Gasteiger partial charge < -0.3 is 0 Å². The largest absolute Gasteiger partial charge is 0.273 e. The number of amides is 2. The molecule has 3 aromatic carbocycles. The van der Waals surface area contributed by atoms with E-state index >= 15 is 0 Å². The zero-order valence-corrected chi connectivity index (χ0v) is 16.1.